The van der Waals surface area contributed by atoms with Crippen LogP contribution in [0.1, 0.15) is 32.6 Å². The van der Waals surface area contributed by atoms with E-state index in [1.165, 1.54) is 6.42 Å². The molecule has 1 aromatic rings. The molecular formula is C17H27ClN4O2. The van der Waals surface area contributed by atoms with Crippen LogP contribution < -0.4 is 21.7 Å². The lowest BCUT2D eigenvalue weighted by atomic mass is 9.84. The molecule has 0 aromatic heterocycles. The number of hydrogen-bond acceptors (Lipinski definition) is 3. The molecule has 2 rings (SSSR count). The summed E-state index contributed by atoms with van der Waals surface area (Å²) in [5.74, 6) is 0.164. The van der Waals surface area contributed by atoms with Crippen LogP contribution >= 0.6 is 12.4 Å². The van der Waals surface area contributed by atoms with Gasteiger partial charge in [0, 0.05) is 11.7 Å². The molecule has 0 heterocycles. The summed E-state index contributed by atoms with van der Waals surface area (Å²) in [4.78, 5) is 24.2. The minimum atomic E-state index is -0.598. The third kappa shape index (κ3) is 6.02. The molecule has 1 aliphatic rings. The third-order valence-corrected chi connectivity index (χ3v) is 4.31. The molecular weight excluding hydrogens is 328 g/mol. The maximum absolute atomic E-state index is 12.3. The number of anilines is 1. The first-order chi connectivity index (χ1) is 11.1. The zero-order chi connectivity index (χ0) is 16.7. The van der Waals surface area contributed by atoms with Gasteiger partial charge < -0.3 is 21.7 Å². The SMILES string of the molecule is CC(NC(=O)Nc1ccccc1)C(=O)NC1CCCCC1CN.Cl. The van der Waals surface area contributed by atoms with Gasteiger partial charge in [0.05, 0.1) is 0 Å². The van der Waals surface area contributed by atoms with Gasteiger partial charge in [0.2, 0.25) is 5.91 Å². The second-order valence-electron chi connectivity index (χ2n) is 6.08. The van der Waals surface area contributed by atoms with Gasteiger partial charge in [-0.05, 0) is 44.4 Å². The molecule has 1 saturated carbocycles. The minimum Gasteiger partial charge on any atom is -0.351 e. The summed E-state index contributed by atoms with van der Waals surface area (Å²) in [7, 11) is 0. The number of amides is 3. The number of para-hydroxylation sites is 1. The molecule has 1 fully saturated rings. The van der Waals surface area contributed by atoms with Gasteiger partial charge in [0.15, 0.2) is 0 Å². The first kappa shape index (κ1) is 20.3. The van der Waals surface area contributed by atoms with Gasteiger partial charge in [-0.25, -0.2) is 4.79 Å². The second kappa shape index (κ2) is 10.2. The Morgan fingerprint density at radius 2 is 1.88 bits per heavy atom. The maximum atomic E-state index is 12.3. The molecule has 3 unspecified atom stereocenters. The molecule has 0 aliphatic heterocycles. The van der Waals surface area contributed by atoms with Crippen molar-refractivity contribution in [2.45, 2.75) is 44.7 Å². The lowest BCUT2D eigenvalue weighted by Crippen LogP contribution is -2.52. The fraction of sp³-hybridized carbons (Fsp3) is 0.529. The number of nitrogens with two attached hydrogens (primary N) is 1. The molecule has 3 amide bonds. The fourth-order valence-electron chi connectivity index (χ4n) is 2.94. The zero-order valence-electron chi connectivity index (χ0n) is 14.0. The predicted molar refractivity (Wildman–Crippen MR) is 98.2 cm³/mol. The van der Waals surface area contributed by atoms with E-state index in [-0.39, 0.29) is 24.4 Å². The Morgan fingerprint density at radius 3 is 2.54 bits per heavy atom. The molecule has 1 aromatic carbocycles. The van der Waals surface area contributed by atoms with Crippen LogP contribution in [0.3, 0.4) is 0 Å². The van der Waals surface area contributed by atoms with Crippen molar-refractivity contribution >= 4 is 30.0 Å². The number of benzene rings is 1. The summed E-state index contributed by atoms with van der Waals surface area (Å²) in [5.41, 5.74) is 6.47. The van der Waals surface area contributed by atoms with Crippen molar-refractivity contribution in [1.82, 2.24) is 10.6 Å². The average Bonchev–Trinajstić information content (AvgIpc) is 2.56. The maximum Gasteiger partial charge on any atom is 0.319 e. The lowest BCUT2D eigenvalue weighted by molar-refractivity contribution is -0.123. The topological polar surface area (TPSA) is 96.2 Å². The zero-order valence-corrected chi connectivity index (χ0v) is 14.8. The van der Waals surface area contributed by atoms with E-state index >= 15 is 0 Å². The normalized spacial score (nSPS) is 21.1. The van der Waals surface area contributed by atoms with Crippen molar-refractivity contribution < 1.29 is 9.59 Å². The average molecular weight is 355 g/mol. The van der Waals surface area contributed by atoms with Gasteiger partial charge in [-0.3, -0.25) is 4.79 Å². The van der Waals surface area contributed by atoms with E-state index in [1.54, 1.807) is 19.1 Å². The largest absolute Gasteiger partial charge is 0.351 e. The molecule has 3 atom stereocenters. The highest BCUT2D eigenvalue weighted by Crippen LogP contribution is 2.23. The number of nitrogens with one attached hydrogen (secondary N) is 3. The van der Waals surface area contributed by atoms with Crippen molar-refractivity contribution in [3.8, 4) is 0 Å². The Kier molecular flexibility index (Phi) is 8.57. The molecule has 7 heteroatoms. The highest BCUT2D eigenvalue weighted by Gasteiger charge is 2.27. The molecule has 5 N–H and O–H groups in total. The summed E-state index contributed by atoms with van der Waals surface area (Å²) in [6, 6.07) is 8.25. The molecule has 0 spiro atoms. The molecule has 24 heavy (non-hydrogen) atoms. The van der Waals surface area contributed by atoms with E-state index in [9.17, 15) is 9.59 Å². The Balaban J connectivity index is 0.00000288. The first-order valence-corrected chi connectivity index (χ1v) is 8.23. The smallest absolute Gasteiger partial charge is 0.319 e. The number of hydrogen-bond donors (Lipinski definition) is 4. The number of urea groups is 1. The van der Waals surface area contributed by atoms with Crippen molar-refractivity contribution in [2.24, 2.45) is 11.7 Å². The van der Waals surface area contributed by atoms with E-state index < -0.39 is 12.1 Å². The standard InChI is InChI=1S/C17H26N4O2.ClH/c1-12(19-17(23)20-14-8-3-2-4-9-14)16(22)21-15-10-6-5-7-13(15)11-18;/h2-4,8-9,12-13,15H,5-7,10-11,18H2,1H3,(H,21,22)(H2,19,20,23);1H. The summed E-state index contributed by atoms with van der Waals surface area (Å²) in [6.45, 7) is 2.27. The van der Waals surface area contributed by atoms with Crippen LogP contribution in [0.15, 0.2) is 30.3 Å². The van der Waals surface area contributed by atoms with Crippen molar-refractivity contribution in [2.75, 3.05) is 11.9 Å². The van der Waals surface area contributed by atoms with Gasteiger partial charge in [0.25, 0.3) is 0 Å². The van der Waals surface area contributed by atoms with E-state index in [4.69, 9.17) is 5.73 Å². The van der Waals surface area contributed by atoms with Crippen LogP contribution in [-0.4, -0.2) is 30.6 Å². The van der Waals surface area contributed by atoms with Crippen LogP contribution in [0.5, 0.6) is 0 Å². The van der Waals surface area contributed by atoms with Gasteiger partial charge in [0.1, 0.15) is 6.04 Å². The highest BCUT2D eigenvalue weighted by molar-refractivity contribution is 5.93. The van der Waals surface area contributed by atoms with Gasteiger partial charge in [-0.15, -0.1) is 12.4 Å². The van der Waals surface area contributed by atoms with Gasteiger partial charge in [-0.2, -0.15) is 0 Å². The monoisotopic (exact) mass is 354 g/mol. The number of carbonyl (C=O) groups is 2. The molecule has 134 valence electrons. The van der Waals surface area contributed by atoms with Crippen LogP contribution in [-0.2, 0) is 4.79 Å². The van der Waals surface area contributed by atoms with Gasteiger partial charge >= 0.3 is 6.03 Å². The molecule has 6 nitrogen and oxygen atoms in total. The summed E-state index contributed by atoms with van der Waals surface area (Å²) < 4.78 is 0. The fourth-order valence-corrected chi connectivity index (χ4v) is 2.94. The van der Waals surface area contributed by atoms with E-state index in [1.807, 2.05) is 18.2 Å². The predicted octanol–water partition coefficient (Wildman–Crippen LogP) is 2.25. The van der Waals surface area contributed by atoms with E-state index in [2.05, 4.69) is 16.0 Å². The lowest BCUT2D eigenvalue weighted by Gasteiger charge is -2.32. The number of halogens is 1. The second-order valence-corrected chi connectivity index (χ2v) is 6.08. The van der Waals surface area contributed by atoms with E-state index in [0.717, 1.165) is 19.3 Å². The summed E-state index contributed by atoms with van der Waals surface area (Å²) in [6.07, 6.45) is 4.29. The Hall–Kier alpha value is -1.79. The molecule has 0 bridgehead atoms. The van der Waals surface area contributed by atoms with Crippen LogP contribution in [0.25, 0.3) is 0 Å². The molecule has 0 radical (unpaired) electrons. The Morgan fingerprint density at radius 1 is 1.21 bits per heavy atom. The summed E-state index contributed by atoms with van der Waals surface area (Å²) in [5, 5.41) is 8.39. The first-order valence-electron chi connectivity index (χ1n) is 8.23. The van der Waals surface area contributed by atoms with Crippen LogP contribution in [0.2, 0.25) is 0 Å². The molecule has 0 saturated heterocycles. The number of rotatable bonds is 5. The third-order valence-electron chi connectivity index (χ3n) is 4.31. The molecule has 1 aliphatic carbocycles. The minimum absolute atomic E-state index is 0. The van der Waals surface area contributed by atoms with Crippen LogP contribution in [0.4, 0.5) is 10.5 Å². The quantitative estimate of drug-likeness (QED) is 0.653. The van der Waals surface area contributed by atoms with Crippen LogP contribution in [0, 0.1) is 5.92 Å². The Bertz CT molecular complexity index is 527. The van der Waals surface area contributed by atoms with E-state index in [0.29, 0.717) is 18.2 Å². The van der Waals surface area contributed by atoms with Crippen molar-refractivity contribution in [1.29, 1.82) is 0 Å². The van der Waals surface area contributed by atoms with Crippen molar-refractivity contribution in [3.63, 3.8) is 0 Å². The van der Waals surface area contributed by atoms with Gasteiger partial charge in [-0.1, -0.05) is 31.0 Å². The summed E-state index contributed by atoms with van der Waals surface area (Å²) >= 11 is 0. The number of carbonyl (C=O) groups excluding carboxylic acids is 2. The van der Waals surface area contributed by atoms with Crippen molar-refractivity contribution in [3.05, 3.63) is 30.3 Å². The Labute approximate surface area is 149 Å². The highest BCUT2D eigenvalue weighted by atomic mass is 35.5.